The van der Waals surface area contributed by atoms with Crippen LogP contribution in [-0.4, -0.2) is 15.4 Å². The van der Waals surface area contributed by atoms with Crippen LogP contribution in [0.15, 0.2) is 36.4 Å². The Labute approximate surface area is 142 Å². The van der Waals surface area contributed by atoms with Gasteiger partial charge in [-0.2, -0.15) is 0 Å². The van der Waals surface area contributed by atoms with E-state index in [0.29, 0.717) is 27.4 Å². The van der Waals surface area contributed by atoms with E-state index in [1.54, 1.807) is 12.1 Å². The molecule has 3 aromatic rings. The Hall–Kier alpha value is -0.930. The van der Waals surface area contributed by atoms with Gasteiger partial charge in [-0.05, 0) is 36.4 Å². The Morgan fingerprint density at radius 3 is 2.43 bits per heavy atom. The van der Waals surface area contributed by atoms with Crippen LogP contribution in [0.2, 0.25) is 15.1 Å². The van der Waals surface area contributed by atoms with Gasteiger partial charge in [0.2, 0.25) is 0 Å². The van der Waals surface area contributed by atoms with Gasteiger partial charge in [0, 0.05) is 22.3 Å². The molecule has 0 radical (unpaired) electrons. The molecular weight excluding hydrogens is 350 g/mol. The summed E-state index contributed by atoms with van der Waals surface area (Å²) >= 11 is 24.3. The molecule has 0 saturated carbocycles. The van der Waals surface area contributed by atoms with Crippen molar-refractivity contribution in [2.24, 2.45) is 0 Å². The van der Waals surface area contributed by atoms with E-state index in [1.807, 2.05) is 28.8 Å². The van der Waals surface area contributed by atoms with Crippen LogP contribution in [0.3, 0.4) is 0 Å². The first kappa shape index (κ1) is 15.0. The standard InChI is InChI=1S/C15H10Cl4N2/c16-6-5-15-20-12-7-9(17)2-4-13(12)21(15)14-8-10(18)1-3-11(14)19/h1-4,7-8H,5-6H2. The van der Waals surface area contributed by atoms with Crippen LogP contribution >= 0.6 is 46.4 Å². The first-order valence-electron chi connectivity index (χ1n) is 6.28. The van der Waals surface area contributed by atoms with Gasteiger partial charge in [0.1, 0.15) is 5.82 Å². The number of alkyl halides is 1. The quantitative estimate of drug-likeness (QED) is 0.543. The normalized spacial score (nSPS) is 11.2. The minimum atomic E-state index is 0.467. The van der Waals surface area contributed by atoms with E-state index >= 15 is 0 Å². The molecule has 0 saturated heterocycles. The Balaban J connectivity index is 2.33. The molecule has 0 atom stereocenters. The molecular formula is C15H10Cl4N2. The van der Waals surface area contributed by atoms with Crippen LogP contribution in [0.1, 0.15) is 5.82 Å². The number of rotatable bonds is 3. The minimum Gasteiger partial charge on any atom is -0.295 e. The van der Waals surface area contributed by atoms with E-state index in [0.717, 1.165) is 22.5 Å². The summed E-state index contributed by atoms with van der Waals surface area (Å²) in [5, 5.41) is 1.85. The number of halogens is 4. The van der Waals surface area contributed by atoms with Gasteiger partial charge in [0.25, 0.3) is 0 Å². The van der Waals surface area contributed by atoms with Crippen LogP contribution in [0.4, 0.5) is 0 Å². The molecule has 1 heterocycles. The number of aryl methyl sites for hydroxylation is 1. The maximum atomic E-state index is 6.33. The summed E-state index contributed by atoms with van der Waals surface area (Å²) in [6.07, 6.45) is 0.622. The first-order chi connectivity index (χ1) is 10.1. The summed E-state index contributed by atoms with van der Waals surface area (Å²) in [4.78, 5) is 4.60. The first-order valence-corrected chi connectivity index (χ1v) is 7.95. The lowest BCUT2D eigenvalue weighted by atomic mass is 10.2. The van der Waals surface area contributed by atoms with Crippen LogP contribution < -0.4 is 0 Å². The third kappa shape index (κ3) is 2.86. The van der Waals surface area contributed by atoms with Crippen molar-refractivity contribution in [3.63, 3.8) is 0 Å². The lowest BCUT2D eigenvalue weighted by molar-refractivity contribution is 0.912. The average Bonchev–Trinajstić information content (AvgIpc) is 2.79. The molecule has 2 aromatic carbocycles. The lowest BCUT2D eigenvalue weighted by Crippen LogP contribution is -2.03. The van der Waals surface area contributed by atoms with Crippen molar-refractivity contribution in [2.45, 2.75) is 6.42 Å². The zero-order valence-corrected chi connectivity index (χ0v) is 13.8. The number of imidazole rings is 1. The predicted octanol–water partition coefficient (Wildman–Crippen LogP) is 5.77. The fraction of sp³-hybridized carbons (Fsp3) is 0.133. The number of fused-ring (bicyclic) bond motifs is 1. The molecule has 21 heavy (non-hydrogen) atoms. The number of hydrogen-bond donors (Lipinski definition) is 0. The van der Waals surface area contributed by atoms with Gasteiger partial charge >= 0.3 is 0 Å². The van der Waals surface area contributed by atoms with E-state index < -0.39 is 0 Å². The van der Waals surface area contributed by atoms with Gasteiger partial charge in [0.15, 0.2) is 0 Å². The maximum Gasteiger partial charge on any atom is 0.115 e. The second-order valence-electron chi connectivity index (χ2n) is 4.53. The SMILES string of the molecule is ClCCc1nc2cc(Cl)ccc2n1-c1cc(Cl)ccc1Cl. The van der Waals surface area contributed by atoms with Crippen LogP contribution in [0.25, 0.3) is 16.7 Å². The minimum absolute atomic E-state index is 0.467. The molecule has 108 valence electrons. The molecule has 2 nitrogen and oxygen atoms in total. The van der Waals surface area contributed by atoms with Crippen molar-refractivity contribution in [1.82, 2.24) is 9.55 Å². The lowest BCUT2D eigenvalue weighted by Gasteiger charge is -2.11. The zero-order chi connectivity index (χ0) is 15.0. The highest BCUT2D eigenvalue weighted by molar-refractivity contribution is 6.34. The highest BCUT2D eigenvalue weighted by Gasteiger charge is 2.15. The Bertz CT molecular complexity index is 811. The highest BCUT2D eigenvalue weighted by Crippen LogP contribution is 2.30. The fourth-order valence-corrected chi connectivity index (χ4v) is 2.99. The number of nitrogens with zero attached hydrogens (tertiary/aromatic N) is 2. The molecule has 0 bridgehead atoms. The summed E-state index contributed by atoms with van der Waals surface area (Å²) in [7, 11) is 0. The summed E-state index contributed by atoms with van der Waals surface area (Å²) in [5.41, 5.74) is 2.51. The van der Waals surface area contributed by atoms with Gasteiger partial charge in [-0.25, -0.2) is 4.98 Å². The van der Waals surface area contributed by atoms with Gasteiger partial charge in [-0.15, -0.1) is 11.6 Å². The second-order valence-corrected chi connectivity index (χ2v) is 6.19. The molecule has 0 aliphatic carbocycles. The summed E-state index contributed by atoms with van der Waals surface area (Å²) < 4.78 is 1.97. The number of hydrogen-bond acceptors (Lipinski definition) is 1. The van der Waals surface area contributed by atoms with Gasteiger partial charge in [-0.1, -0.05) is 34.8 Å². The fourth-order valence-electron chi connectivity index (χ4n) is 2.28. The smallest absolute Gasteiger partial charge is 0.115 e. The summed E-state index contributed by atoms with van der Waals surface area (Å²) in [6.45, 7) is 0. The third-order valence-corrected chi connectivity index (χ3v) is 4.13. The molecule has 0 aliphatic heterocycles. The largest absolute Gasteiger partial charge is 0.295 e. The van der Waals surface area contributed by atoms with E-state index in [1.165, 1.54) is 0 Å². The van der Waals surface area contributed by atoms with Crippen LogP contribution in [0.5, 0.6) is 0 Å². The Kier molecular flexibility index (Phi) is 4.32. The van der Waals surface area contributed by atoms with E-state index in [4.69, 9.17) is 46.4 Å². The van der Waals surface area contributed by atoms with Crippen molar-refractivity contribution < 1.29 is 0 Å². The number of aromatic nitrogens is 2. The molecule has 0 aliphatic rings. The Morgan fingerprint density at radius 2 is 1.67 bits per heavy atom. The van der Waals surface area contributed by atoms with Crippen molar-refractivity contribution >= 4 is 57.4 Å². The summed E-state index contributed by atoms with van der Waals surface area (Å²) in [6, 6.07) is 10.9. The van der Waals surface area contributed by atoms with E-state index in [-0.39, 0.29) is 0 Å². The third-order valence-electron chi connectivity index (χ3n) is 3.15. The average molecular weight is 360 g/mol. The monoisotopic (exact) mass is 358 g/mol. The van der Waals surface area contributed by atoms with Crippen molar-refractivity contribution in [2.75, 3.05) is 5.88 Å². The van der Waals surface area contributed by atoms with Crippen LogP contribution in [0, 0.1) is 0 Å². The molecule has 3 rings (SSSR count). The molecule has 1 aromatic heterocycles. The van der Waals surface area contributed by atoms with Crippen molar-refractivity contribution in [3.8, 4) is 5.69 Å². The van der Waals surface area contributed by atoms with Crippen molar-refractivity contribution in [3.05, 3.63) is 57.3 Å². The van der Waals surface area contributed by atoms with Crippen molar-refractivity contribution in [1.29, 1.82) is 0 Å². The molecule has 0 amide bonds. The molecule has 0 N–H and O–H groups in total. The Morgan fingerprint density at radius 1 is 0.952 bits per heavy atom. The molecule has 0 spiro atoms. The summed E-state index contributed by atoms with van der Waals surface area (Å²) in [5.74, 6) is 1.29. The predicted molar refractivity (Wildman–Crippen MR) is 90.5 cm³/mol. The molecule has 0 fully saturated rings. The maximum absolute atomic E-state index is 6.33. The van der Waals surface area contributed by atoms with E-state index in [9.17, 15) is 0 Å². The number of benzene rings is 2. The van der Waals surface area contributed by atoms with Gasteiger partial charge in [-0.3, -0.25) is 4.57 Å². The molecule has 6 heteroatoms. The second kappa shape index (κ2) is 6.05. The van der Waals surface area contributed by atoms with Gasteiger partial charge < -0.3 is 0 Å². The highest BCUT2D eigenvalue weighted by atomic mass is 35.5. The molecule has 0 unspecified atom stereocenters. The zero-order valence-electron chi connectivity index (χ0n) is 10.8. The van der Waals surface area contributed by atoms with Gasteiger partial charge in [0.05, 0.1) is 21.7 Å². The topological polar surface area (TPSA) is 17.8 Å². The van der Waals surface area contributed by atoms with E-state index in [2.05, 4.69) is 4.98 Å². The van der Waals surface area contributed by atoms with Crippen LogP contribution in [-0.2, 0) is 6.42 Å².